The summed E-state index contributed by atoms with van der Waals surface area (Å²) in [5.41, 5.74) is 7.10. The molecule has 0 spiro atoms. The average molecular weight is 343 g/mol. The van der Waals surface area contributed by atoms with Crippen LogP contribution >= 0.6 is 11.6 Å². The number of carbonyl (C=O) groups excluding carboxylic acids is 1. The lowest BCUT2D eigenvalue weighted by Gasteiger charge is -2.11. The van der Waals surface area contributed by atoms with Gasteiger partial charge in [0.2, 0.25) is 0 Å². The summed E-state index contributed by atoms with van der Waals surface area (Å²) in [6.07, 6.45) is 4.76. The Kier molecular flexibility index (Phi) is 5.16. The lowest BCUT2D eigenvalue weighted by Crippen LogP contribution is -2.24. The average Bonchev–Trinajstić information content (AvgIpc) is 3.07. The Balaban J connectivity index is 1.55. The Morgan fingerprint density at radius 2 is 2.04 bits per heavy atom. The molecule has 1 amide bonds. The molecule has 0 aromatic heterocycles. The van der Waals surface area contributed by atoms with Crippen molar-refractivity contribution in [1.29, 1.82) is 0 Å². The molecule has 0 unspecified atom stereocenters. The highest BCUT2D eigenvalue weighted by Gasteiger charge is 2.18. The van der Waals surface area contributed by atoms with Gasteiger partial charge < -0.3 is 4.74 Å². The molecular formula is C19H19ClN2O2. The van der Waals surface area contributed by atoms with Gasteiger partial charge in [0.25, 0.3) is 5.91 Å². The first kappa shape index (κ1) is 16.5. The van der Waals surface area contributed by atoms with Crippen molar-refractivity contribution >= 4 is 23.7 Å². The van der Waals surface area contributed by atoms with Crippen LogP contribution in [0.5, 0.6) is 5.75 Å². The molecule has 1 aliphatic carbocycles. The first-order valence-electron chi connectivity index (χ1n) is 7.96. The molecule has 2 aromatic carbocycles. The number of benzene rings is 2. The molecule has 2 aromatic rings. The zero-order valence-electron chi connectivity index (χ0n) is 13.5. The van der Waals surface area contributed by atoms with Gasteiger partial charge in [-0.15, -0.1) is 0 Å². The van der Waals surface area contributed by atoms with Crippen LogP contribution in [-0.4, -0.2) is 18.7 Å². The van der Waals surface area contributed by atoms with Gasteiger partial charge in [-0.25, -0.2) is 5.43 Å². The molecule has 4 nitrogen and oxygen atoms in total. The van der Waals surface area contributed by atoms with E-state index >= 15 is 0 Å². The monoisotopic (exact) mass is 342 g/mol. The smallest absolute Gasteiger partial charge is 0.277 e. The maximum absolute atomic E-state index is 11.9. The second kappa shape index (κ2) is 7.49. The van der Waals surface area contributed by atoms with E-state index in [9.17, 15) is 4.79 Å². The number of rotatable bonds is 5. The van der Waals surface area contributed by atoms with Crippen molar-refractivity contribution in [2.75, 3.05) is 6.61 Å². The van der Waals surface area contributed by atoms with Crippen LogP contribution in [0.1, 0.15) is 28.7 Å². The predicted molar refractivity (Wildman–Crippen MR) is 95.9 cm³/mol. The van der Waals surface area contributed by atoms with Crippen molar-refractivity contribution in [1.82, 2.24) is 5.43 Å². The van der Waals surface area contributed by atoms with Crippen LogP contribution in [0.15, 0.2) is 41.5 Å². The SMILES string of the molecule is Cc1ccc(OCC(=O)NN=Cc2ccccc2Cl)c2c1CCC2. The number of hydrogen-bond donors (Lipinski definition) is 1. The van der Waals surface area contributed by atoms with E-state index in [1.807, 2.05) is 30.3 Å². The summed E-state index contributed by atoms with van der Waals surface area (Å²) in [7, 11) is 0. The Morgan fingerprint density at radius 3 is 2.88 bits per heavy atom. The van der Waals surface area contributed by atoms with Crippen molar-refractivity contribution in [2.45, 2.75) is 26.2 Å². The van der Waals surface area contributed by atoms with Gasteiger partial charge >= 0.3 is 0 Å². The van der Waals surface area contributed by atoms with E-state index in [4.69, 9.17) is 16.3 Å². The number of fused-ring (bicyclic) bond motifs is 1. The minimum atomic E-state index is -0.300. The van der Waals surface area contributed by atoms with E-state index in [1.54, 1.807) is 6.07 Å². The number of carbonyl (C=O) groups is 1. The molecule has 5 heteroatoms. The molecule has 0 saturated heterocycles. The van der Waals surface area contributed by atoms with Crippen LogP contribution in [0.4, 0.5) is 0 Å². The van der Waals surface area contributed by atoms with Crippen molar-refractivity contribution in [2.24, 2.45) is 5.10 Å². The zero-order chi connectivity index (χ0) is 16.9. The molecule has 0 saturated carbocycles. The molecular weight excluding hydrogens is 324 g/mol. The van der Waals surface area contributed by atoms with Gasteiger partial charge in [0, 0.05) is 10.6 Å². The minimum absolute atomic E-state index is 0.0602. The zero-order valence-corrected chi connectivity index (χ0v) is 14.3. The highest BCUT2D eigenvalue weighted by atomic mass is 35.5. The minimum Gasteiger partial charge on any atom is -0.483 e. The van der Waals surface area contributed by atoms with Crippen LogP contribution in [0.25, 0.3) is 0 Å². The van der Waals surface area contributed by atoms with Gasteiger partial charge in [-0.3, -0.25) is 4.79 Å². The number of hydrogen-bond acceptors (Lipinski definition) is 3. The number of nitrogens with one attached hydrogen (secondary N) is 1. The summed E-state index contributed by atoms with van der Waals surface area (Å²) in [4.78, 5) is 11.9. The van der Waals surface area contributed by atoms with Gasteiger partial charge in [0.05, 0.1) is 6.21 Å². The summed E-state index contributed by atoms with van der Waals surface area (Å²) in [6.45, 7) is 2.05. The summed E-state index contributed by atoms with van der Waals surface area (Å²) in [5, 5.41) is 4.50. The van der Waals surface area contributed by atoms with Gasteiger partial charge in [-0.05, 0) is 55.0 Å². The summed E-state index contributed by atoms with van der Waals surface area (Å²) >= 11 is 6.02. The Morgan fingerprint density at radius 1 is 1.25 bits per heavy atom. The first-order chi connectivity index (χ1) is 11.6. The van der Waals surface area contributed by atoms with Crippen molar-refractivity contribution in [3.63, 3.8) is 0 Å². The van der Waals surface area contributed by atoms with E-state index in [0.717, 1.165) is 30.6 Å². The third-order valence-corrected chi connectivity index (χ3v) is 4.48. The fourth-order valence-electron chi connectivity index (χ4n) is 2.92. The normalized spacial score (nSPS) is 13.1. The van der Waals surface area contributed by atoms with Crippen molar-refractivity contribution in [3.05, 3.63) is 63.7 Å². The quantitative estimate of drug-likeness (QED) is 0.666. The maximum atomic E-state index is 11.9. The third-order valence-electron chi connectivity index (χ3n) is 4.13. The molecule has 0 fully saturated rings. The molecule has 1 N–H and O–H groups in total. The molecule has 1 aliphatic rings. The van der Waals surface area contributed by atoms with Crippen LogP contribution in [0.3, 0.4) is 0 Å². The van der Waals surface area contributed by atoms with Crippen molar-refractivity contribution in [3.8, 4) is 5.75 Å². The van der Waals surface area contributed by atoms with Crippen LogP contribution < -0.4 is 10.2 Å². The molecule has 3 rings (SSSR count). The fraction of sp³-hybridized carbons (Fsp3) is 0.263. The standard InChI is InChI=1S/C19H19ClN2O2/c1-13-9-10-18(16-7-4-6-15(13)16)24-12-19(23)22-21-11-14-5-2-3-8-17(14)20/h2-3,5,8-11H,4,6-7,12H2,1H3,(H,22,23). The Hall–Kier alpha value is -2.33. The Bertz CT molecular complexity index is 787. The van der Waals surface area contributed by atoms with Gasteiger partial charge in [-0.1, -0.05) is 35.9 Å². The van der Waals surface area contributed by atoms with Crippen LogP contribution in [0.2, 0.25) is 5.02 Å². The van der Waals surface area contributed by atoms with Gasteiger partial charge in [0.15, 0.2) is 6.61 Å². The second-order valence-electron chi connectivity index (χ2n) is 5.79. The number of ether oxygens (including phenoxy) is 1. The summed E-state index contributed by atoms with van der Waals surface area (Å²) < 4.78 is 5.68. The predicted octanol–water partition coefficient (Wildman–Crippen LogP) is 3.67. The van der Waals surface area contributed by atoms with E-state index in [0.29, 0.717) is 5.02 Å². The largest absolute Gasteiger partial charge is 0.483 e. The molecule has 0 heterocycles. The van der Waals surface area contributed by atoms with E-state index < -0.39 is 0 Å². The Labute approximate surface area is 146 Å². The number of aryl methyl sites for hydroxylation is 1. The third kappa shape index (κ3) is 3.77. The number of halogens is 1. The van der Waals surface area contributed by atoms with E-state index in [1.165, 1.54) is 22.9 Å². The van der Waals surface area contributed by atoms with Gasteiger partial charge in [0.1, 0.15) is 5.75 Å². The highest BCUT2D eigenvalue weighted by molar-refractivity contribution is 6.33. The lowest BCUT2D eigenvalue weighted by atomic mass is 10.0. The number of nitrogens with zero attached hydrogens (tertiary/aromatic N) is 1. The summed E-state index contributed by atoms with van der Waals surface area (Å²) in [5.74, 6) is 0.504. The molecule has 24 heavy (non-hydrogen) atoms. The van der Waals surface area contributed by atoms with Crippen LogP contribution in [-0.2, 0) is 17.6 Å². The lowest BCUT2D eigenvalue weighted by molar-refractivity contribution is -0.123. The summed E-state index contributed by atoms with van der Waals surface area (Å²) in [6, 6.07) is 11.3. The highest BCUT2D eigenvalue weighted by Crippen LogP contribution is 2.32. The molecule has 0 bridgehead atoms. The van der Waals surface area contributed by atoms with Gasteiger partial charge in [-0.2, -0.15) is 5.10 Å². The molecule has 0 aliphatic heterocycles. The molecule has 0 atom stereocenters. The van der Waals surface area contributed by atoms with E-state index in [2.05, 4.69) is 17.5 Å². The molecule has 124 valence electrons. The topological polar surface area (TPSA) is 50.7 Å². The second-order valence-corrected chi connectivity index (χ2v) is 6.20. The van der Waals surface area contributed by atoms with Crippen LogP contribution in [0, 0.1) is 6.92 Å². The fourth-order valence-corrected chi connectivity index (χ4v) is 3.10. The number of amides is 1. The first-order valence-corrected chi connectivity index (χ1v) is 8.33. The molecule has 0 radical (unpaired) electrons. The number of hydrazone groups is 1. The van der Waals surface area contributed by atoms with Crippen molar-refractivity contribution < 1.29 is 9.53 Å². The maximum Gasteiger partial charge on any atom is 0.277 e. The van der Waals surface area contributed by atoms with E-state index in [-0.39, 0.29) is 12.5 Å².